The summed E-state index contributed by atoms with van der Waals surface area (Å²) in [6, 6.07) is 7.39. The molecule has 0 radical (unpaired) electrons. The van der Waals surface area contributed by atoms with E-state index in [1.165, 1.54) is 11.8 Å². The summed E-state index contributed by atoms with van der Waals surface area (Å²) in [5.74, 6) is -0.560. The largest absolute Gasteiger partial charge is 0.366 e. The van der Waals surface area contributed by atoms with Gasteiger partial charge in [-0.3, -0.25) is 19.3 Å². The summed E-state index contributed by atoms with van der Waals surface area (Å²) in [6.45, 7) is 5.96. The van der Waals surface area contributed by atoms with E-state index in [0.717, 1.165) is 45.2 Å². The molecule has 2 aliphatic rings. The van der Waals surface area contributed by atoms with Crippen LogP contribution in [0, 0.1) is 0 Å². The summed E-state index contributed by atoms with van der Waals surface area (Å²) < 4.78 is 0. The van der Waals surface area contributed by atoms with Gasteiger partial charge in [-0.1, -0.05) is 31.9 Å². The molecule has 1 aromatic carbocycles. The van der Waals surface area contributed by atoms with Gasteiger partial charge in [0.15, 0.2) is 0 Å². The van der Waals surface area contributed by atoms with Crippen molar-refractivity contribution in [1.82, 2.24) is 14.7 Å². The van der Waals surface area contributed by atoms with Crippen molar-refractivity contribution in [1.29, 1.82) is 0 Å². The van der Waals surface area contributed by atoms with Gasteiger partial charge in [-0.15, -0.1) is 0 Å². The maximum absolute atomic E-state index is 13.4. The van der Waals surface area contributed by atoms with Gasteiger partial charge in [-0.2, -0.15) is 0 Å². The molecule has 1 N–H and O–H groups in total. The van der Waals surface area contributed by atoms with Crippen molar-refractivity contribution in [2.45, 2.75) is 52.0 Å². The van der Waals surface area contributed by atoms with Crippen LogP contribution in [-0.4, -0.2) is 72.2 Å². The lowest BCUT2D eigenvalue weighted by Gasteiger charge is -2.36. The van der Waals surface area contributed by atoms with E-state index >= 15 is 0 Å². The van der Waals surface area contributed by atoms with Gasteiger partial charge < -0.3 is 15.1 Å². The van der Waals surface area contributed by atoms with Crippen molar-refractivity contribution in [2.24, 2.45) is 0 Å². The normalized spacial score (nSPS) is 18.1. The first kappa shape index (κ1) is 23.0. The minimum Gasteiger partial charge on any atom is -0.366 e. The van der Waals surface area contributed by atoms with E-state index in [0.29, 0.717) is 29.1 Å². The molecule has 3 amide bonds. The molecule has 168 valence electrons. The second kappa shape index (κ2) is 10.1. The third-order valence-electron chi connectivity index (χ3n) is 6.21. The zero-order chi connectivity index (χ0) is 22.5. The molecule has 31 heavy (non-hydrogen) atoms. The van der Waals surface area contributed by atoms with E-state index in [9.17, 15) is 14.4 Å². The molecule has 2 heterocycles. The fraction of sp³-hybridized carbons (Fsp3) is 0.542. The lowest BCUT2D eigenvalue weighted by Crippen LogP contribution is -2.43. The molecule has 3 rings (SSSR count). The van der Waals surface area contributed by atoms with Crippen molar-refractivity contribution in [3.05, 3.63) is 35.5 Å². The lowest BCUT2D eigenvalue weighted by molar-refractivity contribution is -0.137. The van der Waals surface area contributed by atoms with Crippen LogP contribution >= 0.6 is 0 Å². The number of anilines is 1. The number of hydrogen-bond acceptors (Lipinski definition) is 5. The summed E-state index contributed by atoms with van der Waals surface area (Å²) in [4.78, 5) is 43.8. The Morgan fingerprint density at radius 2 is 1.74 bits per heavy atom. The number of imide groups is 1. The molecule has 0 bridgehead atoms. The molecule has 2 aliphatic heterocycles. The van der Waals surface area contributed by atoms with E-state index in [2.05, 4.69) is 24.2 Å². The van der Waals surface area contributed by atoms with Gasteiger partial charge in [-0.05, 0) is 57.1 Å². The maximum atomic E-state index is 13.4. The number of carbonyl (C=O) groups is 3. The molecule has 0 aliphatic carbocycles. The fourth-order valence-electron chi connectivity index (χ4n) is 4.36. The average Bonchev–Trinajstić information content (AvgIpc) is 2.99. The number of carbonyl (C=O) groups excluding carboxylic acids is 3. The summed E-state index contributed by atoms with van der Waals surface area (Å²) >= 11 is 0. The monoisotopic (exact) mass is 426 g/mol. The Bertz CT molecular complexity index is 854. The number of benzene rings is 1. The predicted octanol–water partition coefficient (Wildman–Crippen LogP) is 2.94. The zero-order valence-corrected chi connectivity index (χ0v) is 19.1. The third-order valence-corrected chi connectivity index (χ3v) is 6.21. The number of unbranched alkanes of at least 4 members (excludes halogenated alkanes) is 2. The summed E-state index contributed by atoms with van der Waals surface area (Å²) in [6.07, 6.45) is 4.75. The van der Waals surface area contributed by atoms with Gasteiger partial charge in [0.05, 0.1) is 5.57 Å². The molecule has 1 fully saturated rings. The molecule has 0 spiro atoms. The average molecular weight is 427 g/mol. The molecule has 0 atom stereocenters. The van der Waals surface area contributed by atoms with Crippen molar-refractivity contribution in [2.75, 3.05) is 39.0 Å². The van der Waals surface area contributed by atoms with E-state index in [1.807, 2.05) is 24.1 Å². The number of amides is 3. The smallest absolute Gasteiger partial charge is 0.277 e. The van der Waals surface area contributed by atoms with Crippen LogP contribution in [0.2, 0.25) is 0 Å². The van der Waals surface area contributed by atoms with Crippen LogP contribution < -0.4 is 5.32 Å². The molecule has 1 aromatic rings. The highest BCUT2D eigenvalue weighted by atomic mass is 16.2. The number of likely N-dealkylation sites (N-methyl/N-ethyl adjacent to an activating group) is 1. The summed E-state index contributed by atoms with van der Waals surface area (Å²) in [5.41, 5.74) is 2.35. The minimum atomic E-state index is -0.219. The van der Waals surface area contributed by atoms with Crippen molar-refractivity contribution in [3.8, 4) is 0 Å². The second-order valence-electron chi connectivity index (χ2n) is 8.60. The number of nitrogens with one attached hydrogen (secondary N) is 1. The fourth-order valence-corrected chi connectivity index (χ4v) is 4.36. The van der Waals surface area contributed by atoms with Gasteiger partial charge in [0.25, 0.3) is 11.8 Å². The van der Waals surface area contributed by atoms with E-state index in [1.54, 1.807) is 12.1 Å². The van der Waals surface area contributed by atoms with Gasteiger partial charge in [0.2, 0.25) is 5.91 Å². The van der Waals surface area contributed by atoms with Crippen LogP contribution in [0.4, 0.5) is 5.69 Å². The minimum absolute atomic E-state index is 0.149. The van der Waals surface area contributed by atoms with Crippen LogP contribution in [0.5, 0.6) is 0 Å². The molecule has 0 unspecified atom stereocenters. The Morgan fingerprint density at radius 1 is 1.10 bits per heavy atom. The first-order chi connectivity index (χ1) is 14.8. The van der Waals surface area contributed by atoms with E-state index in [4.69, 9.17) is 0 Å². The number of likely N-dealkylation sites (tertiary alicyclic amines) is 1. The maximum Gasteiger partial charge on any atom is 0.277 e. The van der Waals surface area contributed by atoms with Gasteiger partial charge >= 0.3 is 0 Å². The Morgan fingerprint density at radius 3 is 2.32 bits per heavy atom. The quantitative estimate of drug-likeness (QED) is 0.511. The highest BCUT2D eigenvalue weighted by molar-refractivity contribution is 6.35. The van der Waals surface area contributed by atoms with E-state index < -0.39 is 0 Å². The van der Waals surface area contributed by atoms with Crippen LogP contribution in [0.25, 0.3) is 5.57 Å². The molecular formula is C24H34N4O3. The van der Waals surface area contributed by atoms with Gasteiger partial charge in [-0.25, -0.2) is 0 Å². The Balaban J connectivity index is 1.94. The third kappa shape index (κ3) is 5.15. The summed E-state index contributed by atoms with van der Waals surface area (Å²) in [5, 5.41) is 2.74. The highest BCUT2D eigenvalue weighted by Crippen LogP contribution is 2.34. The van der Waals surface area contributed by atoms with Crippen LogP contribution in [0.15, 0.2) is 30.0 Å². The molecule has 7 nitrogen and oxygen atoms in total. The molecule has 1 saturated heterocycles. The van der Waals surface area contributed by atoms with Crippen molar-refractivity contribution < 1.29 is 14.4 Å². The second-order valence-corrected chi connectivity index (χ2v) is 8.60. The standard InChI is InChI=1S/C24H34N4O3/c1-5-6-7-14-28-23(30)21(18-8-10-19(11-9-18)25-17(2)29)22(24(28)31)27(4)20-12-15-26(3)16-13-20/h8-11,20H,5-7,12-16H2,1-4H3,(H,25,29). The van der Waals surface area contributed by atoms with Gasteiger partial charge in [0.1, 0.15) is 5.70 Å². The first-order valence-corrected chi connectivity index (χ1v) is 11.2. The first-order valence-electron chi connectivity index (χ1n) is 11.2. The molecule has 7 heteroatoms. The number of nitrogens with zero attached hydrogens (tertiary/aromatic N) is 3. The van der Waals surface area contributed by atoms with E-state index in [-0.39, 0.29) is 23.8 Å². The Labute approximate surface area is 185 Å². The highest BCUT2D eigenvalue weighted by Gasteiger charge is 2.42. The molecule has 0 saturated carbocycles. The van der Waals surface area contributed by atoms with Crippen LogP contribution in [0.1, 0.15) is 51.5 Å². The topological polar surface area (TPSA) is 73.0 Å². The van der Waals surface area contributed by atoms with Crippen molar-refractivity contribution >= 4 is 29.0 Å². The zero-order valence-electron chi connectivity index (χ0n) is 19.1. The Kier molecular flexibility index (Phi) is 7.49. The molecular weight excluding hydrogens is 392 g/mol. The summed E-state index contributed by atoms with van der Waals surface area (Å²) in [7, 11) is 4.05. The number of rotatable bonds is 8. The number of hydrogen-bond donors (Lipinski definition) is 1. The SMILES string of the molecule is CCCCCN1C(=O)C(c2ccc(NC(C)=O)cc2)=C(N(C)C2CCN(C)CC2)C1=O. The number of piperidine rings is 1. The lowest BCUT2D eigenvalue weighted by atomic mass is 10.00. The predicted molar refractivity (Wildman–Crippen MR) is 122 cm³/mol. The van der Waals surface area contributed by atoms with Crippen LogP contribution in [-0.2, 0) is 14.4 Å². The Hall–Kier alpha value is -2.67. The van der Waals surface area contributed by atoms with Crippen molar-refractivity contribution in [3.63, 3.8) is 0 Å². The van der Waals surface area contributed by atoms with Gasteiger partial charge in [0, 0.05) is 32.2 Å². The molecule has 0 aromatic heterocycles. The van der Waals surface area contributed by atoms with Crippen LogP contribution in [0.3, 0.4) is 0 Å².